The third kappa shape index (κ3) is 13.2. The van der Waals surface area contributed by atoms with Crippen LogP contribution >= 0.6 is 0 Å². The van der Waals surface area contributed by atoms with E-state index in [0.717, 1.165) is 4.90 Å². The topological polar surface area (TPSA) is 292 Å². The number of ether oxygens (including phenoxy) is 1. The van der Waals surface area contributed by atoms with E-state index in [9.17, 15) is 38.7 Å². The van der Waals surface area contributed by atoms with Gasteiger partial charge in [0.15, 0.2) is 5.96 Å². The number of guanidine groups is 1. The second-order valence-electron chi connectivity index (χ2n) is 13.3. The van der Waals surface area contributed by atoms with Gasteiger partial charge in [-0.2, -0.15) is 0 Å². The van der Waals surface area contributed by atoms with Crippen LogP contribution in [0.4, 0.5) is 10.5 Å². The van der Waals surface area contributed by atoms with Crippen molar-refractivity contribution in [2.45, 2.75) is 97.4 Å². The number of aliphatic imine (C=N–C) groups is 1. The number of hydrogen-bond acceptors (Lipinski definition) is 10. The van der Waals surface area contributed by atoms with Crippen molar-refractivity contribution in [2.75, 3.05) is 18.0 Å². The van der Waals surface area contributed by atoms with E-state index in [1.807, 2.05) is 0 Å². The van der Waals surface area contributed by atoms with E-state index in [4.69, 9.17) is 26.4 Å². The minimum atomic E-state index is -1.44. The second kappa shape index (κ2) is 19.1. The molecule has 5 amide bonds. The van der Waals surface area contributed by atoms with Gasteiger partial charge in [0.25, 0.3) is 0 Å². The number of nitrogens with one attached hydrogen (secondary N) is 3. The first kappa shape index (κ1) is 42.5. The zero-order chi connectivity index (χ0) is 39.3. The van der Waals surface area contributed by atoms with E-state index in [1.54, 1.807) is 47.6 Å². The number of carbonyl (C=O) groups excluding carboxylic acids is 5. The van der Waals surface area contributed by atoms with Crippen molar-refractivity contribution in [3.05, 3.63) is 40.2 Å². The smallest absolute Gasteiger partial charge is 0.408 e. The zero-order valence-electron chi connectivity index (χ0n) is 30.3. The minimum Gasteiger partial charge on any atom is -0.481 e. The summed E-state index contributed by atoms with van der Waals surface area (Å²) in [6.07, 6.45) is -1.07. The molecule has 0 spiro atoms. The number of carbonyl (C=O) groups is 6. The van der Waals surface area contributed by atoms with Crippen molar-refractivity contribution >= 4 is 58.3 Å². The number of carboxylic acid groups (broad SMARTS) is 1. The fourth-order valence-electron chi connectivity index (χ4n) is 5.16. The van der Waals surface area contributed by atoms with Crippen LogP contribution < -0.4 is 43.7 Å². The largest absolute Gasteiger partial charge is 0.481 e. The summed E-state index contributed by atoms with van der Waals surface area (Å²) in [5.74, 6) is -5.24. The van der Waals surface area contributed by atoms with Gasteiger partial charge < -0.3 is 47.4 Å². The Labute approximate surface area is 300 Å². The van der Waals surface area contributed by atoms with Gasteiger partial charge in [0, 0.05) is 36.2 Å². The number of aliphatic carboxylic acids is 1. The Kier molecular flexibility index (Phi) is 15.6. The number of anilines is 1. The summed E-state index contributed by atoms with van der Waals surface area (Å²) in [4.78, 5) is 94.6. The Hall–Kier alpha value is -5.68. The highest BCUT2D eigenvalue weighted by Crippen LogP contribution is 2.26. The van der Waals surface area contributed by atoms with Gasteiger partial charge in [-0.1, -0.05) is 20.3 Å². The van der Waals surface area contributed by atoms with Gasteiger partial charge in [0.1, 0.15) is 29.3 Å². The number of amides is 5. The quantitative estimate of drug-likeness (QED) is 0.0484. The fraction of sp³-hybridized carbons (Fsp3) is 0.529. The summed E-state index contributed by atoms with van der Waals surface area (Å²) in [6.45, 7) is 9.53. The zero-order valence-corrected chi connectivity index (χ0v) is 30.3. The SMILES string of the molecule is CCC(C)C(NC(=O)OC(C)(C)C)C(=O)NC(CCC(=O)O)C(=O)NCC(=O)N(c1ccc2c(C)cc(=O)oc2c1)C(CCCN=C(N)N)C(N)=O. The summed E-state index contributed by atoms with van der Waals surface area (Å²) in [6, 6.07) is 1.93. The number of primary amides is 1. The molecule has 1 aromatic heterocycles. The number of alkyl carbamates (subject to hydrolysis) is 1. The van der Waals surface area contributed by atoms with Crippen molar-refractivity contribution in [3.8, 4) is 0 Å². The Bertz CT molecular complexity index is 1710. The number of aryl methyl sites for hydroxylation is 1. The lowest BCUT2D eigenvalue weighted by Crippen LogP contribution is -2.57. The average molecular weight is 731 g/mol. The van der Waals surface area contributed by atoms with Crippen LogP contribution in [0.25, 0.3) is 11.0 Å². The van der Waals surface area contributed by atoms with Crippen molar-refractivity contribution in [1.82, 2.24) is 16.0 Å². The molecule has 4 atom stereocenters. The molecular formula is C34H50N8O10. The minimum absolute atomic E-state index is 0.000542. The first-order valence-electron chi connectivity index (χ1n) is 16.7. The lowest BCUT2D eigenvalue weighted by atomic mass is 9.97. The van der Waals surface area contributed by atoms with Gasteiger partial charge in [-0.25, -0.2) is 9.59 Å². The predicted octanol–water partition coefficient (Wildman–Crippen LogP) is 0.747. The molecule has 2 aromatic rings. The molecule has 0 fully saturated rings. The molecule has 0 saturated heterocycles. The van der Waals surface area contributed by atoms with Crippen molar-refractivity contribution in [3.63, 3.8) is 0 Å². The van der Waals surface area contributed by atoms with Crippen LogP contribution in [0.15, 0.2) is 38.5 Å². The molecule has 286 valence electrons. The van der Waals surface area contributed by atoms with Crippen LogP contribution in [0, 0.1) is 12.8 Å². The van der Waals surface area contributed by atoms with E-state index >= 15 is 0 Å². The van der Waals surface area contributed by atoms with Crippen LogP contribution in [0.5, 0.6) is 0 Å². The molecule has 0 aliphatic heterocycles. The Morgan fingerprint density at radius 1 is 1.02 bits per heavy atom. The van der Waals surface area contributed by atoms with Gasteiger partial charge in [-0.3, -0.25) is 33.9 Å². The van der Waals surface area contributed by atoms with E-state index in [-0.39, 0.29) is 43.0 Å². The summed E-state index contributed by atoms with van der Waals surface area (Å²) in [5.41, 5.74) is 15.9. The van der Waals surface area contributed by atoms with Crippen LogP contribution in [0.2, 0.25) is 0 Å². The third-order valence-corrected chi connectivity index (χ3v) is 7.91. The van der Waals surface area contributed by atoms with Crippen LogP contribution in [-0.2, 0) is 28.7 Å². The van der Waals surface area contributed by atoms with Crippen molar-refractivity contribution < 1.29 is 43.0 Å². The molecule has 0 aliphatic carbocycles. The Balaban J connectivity index is 2.42. The maximum Gasteiger partial charge on any atom is 0.408 e. The first-order valence-corrected chi connectivity index (χ1v) is 16.7. The number of nitrogens with zero attached hydrogens (tertiary/aromatic N) is 2. The number of hydrogen-bond donors (Lipinski definition) is 7. The van der Waals surface area contributed by atoms with E-state index in [2.05, 4.69) is 20.9 Å². The highest BCUT2D eigenvalue weighted by molar-refractivity contribution is 6.04. The van der Waals surface area contributed by atoms with E-state index < -0.39 is 83.9 Å². The summed E-state index contributed by atoms with van der Waals surface area (Å²) >= 11 is 0. The molecule has 18 heteroatoms. The van der Waals surface area contributed by atoms with Gasteiger partial charge in [0.2, 0.25) is 23.6 Å². The molecule has 0 radical (unpaired) electrons. The number of carboxylic acids is 1. The number of nitrogens with two attached hydrogens (primary N) is 3. The summed E-state index contributed by atoms with van der Waals surface area (Å²) in [5, 5.41) is 17.3. The fourth-order valence-corrected chi connectivity index (χ4v) is 5.16. The molecule has 2 rings (SSSR count). The predicted molar refractivity (Wildman–Crippen MR) is 192 cm³/mol. The second-order valence-corrected chi connectivity index (χ2v) is 13.3. The lowest BCUT2D eigenvalue weighted by Gasteiger charge is -2.30. The van der Waals surface area contributed by atoms with Gasteiger partial charge >= 0.3 is 17.7 Å². The van der Waals surface area contributed by atoms with Gasteiger partial charge in [0.05, 0.1) is 6.54 Å². The Morgan fingerprint density at radius 2 is 1.69 bits per heavy atom. The van der Waals surface area contributed by atoms with Crippen LogP contribution in [0.3, 0.4) is 0 Å². The molecule has 52 heavy (non-hydrogen) atoms. The molecule has 0 bridgehead atoms. The standard InChI is InChI=1S/C34H50N8O10/c1-7-18(2)28(41-33(50)52-34(4,5)6)31(49)40-22(12-13-26(44)45)30(48)39-17-25(43)42(23(29(35)47)9-8-14-38-32(36)37)20-10-11-21-19(3)15-27(46)51-24(21)16-20/h10-11,15-16,18,22-23,28H,7-9,12-14,17H2,1-6H3,(H2,35,47)(H,39,48)(H,40,49)(H,41,50)(H,44,45)(H4,36,37,38). The number of fused-ring (bicyclic) bond motifs is 1. The van der Waals surface area contributed by atoms with Crippen molar-refractivity contribution in [2.24, 2.45) is 28.1 Å². The van der Waals surface area contributed by atoms with E-state index in [1.165, 1.54) is 18.2 Å². The van der Waals surface area contributed by atoms with E-state index in [0.29, 0.717) is 17.4 Å². The number of rotatable bonds is 18. The molecule has 0 aliphatic rings. The average Bonchev–Trinajstić information content (AvgIpc) is 3.03. The molecule has 0 saturated carbocycles. The molecule has 10 N–H and O–H groups in total. The maximum atomic E-state index is 13.9. The first-order chi connectivity index (χ1) is 24.2. The molecule has 4 unspecified atom stereocenters. The summed E-state index contributed by atoms with van der Waals surface area (Å²) in [7, 11) is 0. The lowest BCUT2D eigenvalue weighted by molar-refractivity contribution is -0.138. The molecule has 18 nitrogen and oxygen atoms in total. The summed E-state index contributed by atoms with van der Waals surface area (Å²) < 4.78 is 10.6. The third-order valence-electron chi connectivity index (χ3n) is 7.91. The monoisotopic (exact) mass is 730 g/mol. The molecule has 1 heterocycles. The Morgan fingerprint density at radius 3 is 2.27 bits per heavy atom. The normalized spacial score (nSPS) is 13.5. The highest BCUT2D eigenvalue weighted by Gasteiger charge is 2.33. The number of benzene rings is 1. The highest BCUT2D eigenvalue weighted by atomic mass is 16.6. The van der Waals surface area contributed by atoms with Crippen molar-refractivity contribution in [1.29, 1.82) is 0 Å². The van der Waals surface area contributed by atoms with Crippen LogP contribution in [0.1, 0.15) is 72.3 Å². The van der Waals surface area contributed by atoms with Gasteiger partial charge in [-0.05, 0) is 70.6 Å². The molecule has 1 aromatic carbocycles. The van der Waals surface area contributed by atoms with Crippen LogP contribution in [-0.4, -0.2) is 83.6 Å². The maximum absolute atomic E-state index is 13.9. The molecular weight excluding hydrogens is 680 g/mol. The van der Waals surface area contributed by atoms with Gasteiger partial charge in [-0.15, -0.1) is 0 Å².